The zero-order valence-corrected chi connectivity index (χ0v) is 10.3. The minimum absolute atomic E-state index is 0.0648. The molecule has 19 heavy (non-hydrogen) atoms. The van der Waals surface area contributed by atoms with Crippen LogP contribution in [-0.2, 0) is 4.79 Å². The second-order valence-electron chi connectivity index (χ2n) is 4.34. The van der Waals surface area contributed by atoms with Crippen molar-refractivity contribution in [1.29, 1.82) is 0 Å². The summed E-state index contributed by atoms with van der Waals surface area (Å²) in [7, 11) is 0. The van der Waals surface area contributed by atoms with Crippen LogP contribution in [0.15, 0.2) is 18.6 Å². The Morgan fingerprint density at radius 1 is 1.42 bits per heavy atom. The number of nitrogens with two attached hydrogens (primary N) is 1. The Bertz CT molecular complexity index is 608. The first-order valence-corrected chi connectivity index (χ1v) is 6.10. The number of anilines is 2. The van der Waals surface area contributed by atoms with E-state index < -0.39 is 0 Å². The number of imidazole rings is 1. The van der Waals surface area contributed by atoms with Crippen LogP contribution in [-0.4, -0.2) is 39.9 Å². The largest absolute Gasteiger partial charge is 0.354 e. The number of nitrogen functional groups attached to an aromatic ring is 1. The topological polar surface area (TPSA) is 101 Å². The van der Waals surface area contributed by atoms with E-state index >= 15 is 0 Å². The van der Waals surface area contributed by atoms with Gasteiger partial charge >= 0.3 is 0 Å². The van der Waals surface area contributed by atoms with Crippen LogP contribution in [0.25, 0.3) is 5.65 Å². The lowest BCUT2D eigenvalue weighted by atomic mass is 10.3. The molecule has 1 saturated heterocycles. The molecule has 3 rings (SSSR count). The molecule has 3 heterocycles. The number of carbonyl (C=O) groups excluding carboxylic acids is 1. The number of nitrogens with one attached hydrogen (secondary N) is 2. The number of hydrogen-bond donors (Lipinski definition) is 3. The molecule has 2 aromatic heterocycles. The predicted octanol–water partition coefficient (Wildman–Crippen LogP) is -0.659. The van der Waals surface area contributed by atoms with E-state index in [9.17, 15) is 4.79 Å². The highest BCUT2D eigenvalue weighted by Crippen LogP contribution is 2.20. The summed E-state index contributed by atoms with van der Waals surface area (Å²) in [5.41, 5.74) is 3.30. The predicted molar refractivity (Wildman–Crippen MR) is 70.6 cm³/mol. The van der Waals surface area contributed by atoms with Crippen molar-refractivity contribution in [3.63, 3.8) is 0 Å². The maximum absolute atomic E-state index is 11.4. The van der Waals surface area contributed by atoms with E-state index in [1.54, 1.807) is 12.4 Å². The normalized spacial score (nSPS) is 16.3. The summed E-state index contributed by atoms with van der Waals surface area (Å²) >= 11 is 0. The maximum Gasteiger partial charge on any atom is 0.221 e. The van der Waals surface area contributed by atoms with Crippen molar-refractivity contribution in [3.8, 4) is 0 Å². The summed E-state index contributed by atoms with van der Waals surface area (Å²) in [4.78, 5) is 22.2. The number of fused-ring (bicyclic) bond motifs is 1. The van der Waals surface area contributed by atoms with E-state index in [4.69, 9.17) is 5.84 Å². The van der Waals surface area contributed by atoms with E-state index in [2.05, 4.69) is 20.7 Å². The molecule has 1 fully saturated rings. The zero-order valence-electron chi connectivity index (χ0n) is 10.3. The van der Waals surface area contributed by atoms with Crippen LogP contribution < -0.4 is 21.5 Å². The molecular weight excluding hydrogens is 246 g/mol. The quantitative estimate of drug-likeness (QED) is 0.490. The second-order valence-corrected chi connectivity index (χ2v) is 4.34. The van der Waals surface area contributed by atoms with Gasteiger partial charge in [0, 0.05) is 38.4 Å². The highest BCUT2D eigenvalue weighted by molar-refractivity contribution is 5.77. The van der Waals surface area contributed by atoms with Gasteiger partial charge in [-0.25, -0.2) is 15.8 Å². The lowest BCUT2D eigenvalue weighted by Gasteiger charge is -2.21. The van der Waals surface area contributed by atoms with Crippen molar-refractivity contribution < 1.29 is 4.79 Å². The SMILES string of the molecule is NNc1cn2ccnc2c(N2CCNC(=O)CC2)n1. The van der Waals surface area contributed by atoms with E-state index in [0.717, 1.165) is 11.5 Å². The molecule has 0 bridgehead atoms. The minimum atomic E-state index is 0.0648. The van der Waals surface area contributed by atoms with E-state index in [1.165, 1.54) is 0 Å². The third-order valence-electron chi connectivity index (χ3n) is 3.12. The number of hydrogen-bond acceptors (Lipinski definition) is 6. The summed E-state index contributed by atoms with van der Waals surface area (Å²) in [6.07, 6.45) is 5.77. The fourth-order valence-electron chi connectivity index (χ4n) is 2.18. The van der Waals surface area contributed by atoms with Crippen molar-refractivity contribution in [2.75, 3.05) is 30.0 Å². The van der Waals surface area contributed by atoms with Crippen molar-refractivity contribution in [1.82, 2.24) is 19.7 Å². The van der Waals surface area contributed by atoms with Gasteiger partial charge in [0.25, 0.3) is 0 Å². The molecule has 1 aliphatic rings. The van der Waals surface area contributed by atoms with Crippen LogP contribution in [0.2, 0.25) is 0 Å². The Balaban J connectivity index is 2.02. The molecule has 2 aromatic rings. The molecule has 0 spiro atoms. The summed E-state index contributed by atoms with van der Waals surface area (Å²) in [6, 6.07) is 0. The number of carbonyl (C=O) groups is 1. The van der Waals surface area contributed by atoms with Crippen LogP contribution in [0, 0.1) is 0 Å². The van der Waals surface area contributed by atoms with Crippen molar-refractivity contribution in [2.24, 2.45) is 5.84 Å². The van der Waals surface area contributed by atoms with Gasteiger partial charge in [0.1, 0.15) is 0 Å². The third-order valence-corrected chi connectivity index (χ3v) is 3.12. The Morgan fingerprint density at radius 2 is 2.32 bits per heavy atom. The number of rotatable bonds is 2. The number of amides is 1. The highest BCUT2D eigenvalue weighted by Gasteiger charge is 2.18. The van der Waals surface area contributed by atoms with Gasteiger partial charge in [0.05, 0.1) is 6.20 Å². The van der Waals surface area contributed by atoms with Crippen LogP contribution in [0.3, 0.4) is 0 Å². The van der Waals surface area contributed by atoms with Gasteiger partial charge in [0.15, 0.2) is 17.3 Å². The first-order valence-electron chi connectivity index (χ1n) is 6.10. The molecule has 1 amide bonds. The molecule has 0 atom stereocenters. The van der Waals surface area contributed by atoms with Crippen LogP contribution in [0.1, 0.15) is 6.42 Å². The smallest absolute Gasteiger partial charge is 0.221 e. The number of hydrazine groups is 1. The van der Waals surface area contributed by atoms with Gasteiger partial charge < -0.3 is 20.0 Å². The van der Waals surface area contributed by atoms with Crippen molar-refractivity contribution in [3.05, 3.63) is 18.6 Å². The summed E-state index contributed by atoms with van der Waals surface area (Å²) < 4.78 is 1.86. The zero-order chi connectivity index (χ0) is 13.2. The fraction of sp³-hybridized carbons (Fsp3) is 0.364. The summed E-state index contributed by atoms with van der Waals surface area (Å²) in [6.45, 7) is 1.93. The lowest BCUT2D eigenvalue weighted by Crippen LogP contribution is -2.29. The number of aromatic nitrogens is 3. The van der Waals surface area contributed by atoms with Gasteiger partial charge in [0.2, 0.25) is 5.91 Å². The molecule has 8 nitrogen and oxygen atoms in total. The average Bonchev–Trinajstić information content (AvgIpc) is 2.79. The lowest BCUT2D eigenvalue weighted by molar-refractivity contribution is -0.120. The highest BCUT2D eigenvalue weighted by atomic mass is 16.1. The molecule has 1 aliphatic heterocycles. The molecule has 8 heteroatoms. The average molecular weight is 261 g/mol. The molecule has 100 valence electrons. The Kier molecular flexibility index (Phi) is 2.92. The Morgan fingerprint density at radius 3 is 3.16 bits per heavy atom. The van der Waals surface area contributed by atoms with Crippen LogP contribution in [0.4, 0.5) is 11.6 Å². The monoisotopic (exact) mass is 261 g/mol. The van der Waals surface area contributed by atoms with E-state index in [-0.39, 0.29) is 5.91 Å². The van der Waals surface area contributed by atoms with Crippen LogP contribution >= 0.6 is 0 Å². The standard InChI is InChI=1S/C11H15N7O/c12-16-8-7-18-6-3-14-10(18)11(15-8)17-4-1-9(19)13-2-5-17/h3,6-7,16H,1-2,4-5,12H2,(H,13,19). The van der Waals surface area contributed by atoms with Gasteiger partial charge in [-0.15, -0.1) is 0 Å². The summed E-state index contributed by atoms with van der Waals surface area (Å²) in [5, 5.41) is 2.84. The van der Waals surface area contributed by atoms with Crippen molar-refractivity contribution >= 4 is 23.2 Å². The first-order chi connectivity index (χ1) is 9.28. The molecule has 0 unspecified atom stereocenters. The molecule has 4 N–H and O–H groups in total. The van der Waals surface area contributed by atoms with Gasteiger partial charge in [-0.2, -0.15) is 0 Å². The molecule has 0 radical (unpaired) electrons. The van der Waals surface area contributed by atoms with Gasteiger partial charge in [-0.1, -0.05) is 0 Å². The third kappa shape index (κ3) is 2.17. The Labute approximate surface area is 109 Å². The molecule has 0 aliphatic carbocycles. The molecule has 0 saturated carbocycles. The minimum Gasteiger partial charge on any atom is -0.354 e. The second kappa shape index (κ2) is 4.73. The molecule has 0 aromatic carbocycles. The van der Waals surface area contributed by atoms with Gasteiger partial charge in [-0.3, -0.25) is 4.79 Å². The van der Waals surface area contributed by atoms with E-state index in [0.29, 0.717) is 31.9 Å². The summed E-state index contributed by atoms with van der Waals surface area (Å²) in [5.74, 6) is 6.79. The van der Waals surface area contributed by atoms with E-state index in [1.807, 2.05) is 15.5 Å². The number of nitrogens with zero attached hydrogens (tertiary/aromatic N) is 4. The Hall–Kier alpha value is -2.35. The first kappa shape index (κ1) is 11.7. The fourth-order valence-corrected chi connectivity index (χ4v) is 2.18. The van der Waals surface area contributed by atoms with Crippen LogP contribution in [0.5, 0.6) is 0 Å². The molecular formula is C11H15N7O. The van der Waals surface area contributed by atoms with Crippen molar-refractivity contribution in [2.45, 2.75) is 6.42 Å². The maximum atomic E-state index is 11.4. The van der Waals surface area contributed by atoms with Gasteiger partial charge in [-0.05, 0) is 0 Å².